The van der Waals surface area contributed by atoms with Gasteiger partial charge in [0, 0.05) is 12.6 Å². The Hall–Kier alpha value is -0.860. The average Bonchev–Trinajstić information content (AvgIpc) is 2.35. The Morgan fingerprint density at radius 2 is 2.24 bits per heavy atom. The first-order valence-corrected chi connectivity index (χ1v) is 6.56. The van der Waals surface area contributed by atoms with Gasteiger partial charge >= 0.3 is 0 Å². The molecule has 0 aromatic heterocycles. The number of nitrogens with two attached hydrogens (primary N) is 1. The molecule has 1 aliphatic heterocycles. The lowest BCUT2D eigenvalue weighted by atomic mass is 9.88. The van der Waals surface area contributed by atoms with E-state index in [1.165, 1.54) is 23.1 Å². The van der Waals surface area contributed by atoms with E-state index in [-0.39, 0.29) is 6.04 Å². The SMILES string of the molecule is Cc1ccc(C)c(CC(N)C2CCCOC2)c1. The van der Waals surface area contributed by atoms with Gasteiger partial charge in [0.15, 0.2) is 0 Å². The summed E-state index contributed by atoms with van der Waals surface area (Å²) in [4.78, 5) is 0. The lowest BCUT2D eigenvalue weighted by Gasteiger charge is -2.28. The molecule has 0 amide bonds. The fourth-order valence-electron chi connectivity index (χ4n) is 2.54. The topological polar surface area (TPSA) is 35.2 Å². The summed E-state index contributed by atoms with van der Waals surface area (Å²) in [5.41, 5.74) is 10.4. The highest BCUT2D eigenvalue weighted by molar-refractivity contribution is 5.31. The molecule has 2 atom stereocenters. The predicted octanol–water partition coefficient (Wildman–Crippen LogP) is 2.60. The standard InChI is InChI=1S/C15H23NO/c1-11-5-6-12(2)14(8-11)9-15(16)13-4-3-7-17-10-13/h5-6,8,13,15H,3-4,7,9-10,16H2,1-2H3. The van der Waals surface area contributed by atoms with E-state index in [1.54, 1.807) is 0 Å². The summed E-state index contributed by atoms with van der Waals surface area (Å²) in [6.45, 7) is 6.05. The van der Waals surface area contributed by atoms with Crippen LogP contribution in [-0.4, -0.2) is 19.3 Å². The summed E-state index contributed by atoms with van der Waals surface area (Å²) < 4.78 is 5.51. The van der Waals surface area contributed by atoms with Gasteiger partial charge in [-0.05, 0) is 50.2 Å². The monoisotopic (exact) mass is 233 g/mol. The highest BCUT2D eigenvalue weighted by Crippen LogP contribution is 2.20. The second kappa shape index (κ2) is 5.65. The van der Waals surface area contributed by atoms with Crippen LogP contribution in [0.15, 0.2) is 18.2 Å². The number of ether oxygens (including phenoxy) is 1. The third-order valence-corrected chi connectivity index (χ3v) is 3.76. The lowest BCUT2D eigenvalue weighted by Crippen LogP contribution is -2.37. The molecule has 0 bridgehead atoms. The van der Waals surface area contributed by atoms with Gasteiger partial charge in [0.25, 0.3) is 0 Å². The van der Waals surface area contributed by atoms with Crippen molar-refractivity contribution < 1.29 is 4.74 Å². The lowest BCUT2D eigenvalue weighted by molar-refractivity contribution is 0.0450. The van der Waals surface area contributed by atoms with Gasteiger partial charge in [0.05, 0.1) is 6.61 Å². The van der Waals surface area contributed by atoms with Crippen LogP contribution >= 0.6 is 0 Å². The van der Waals surface area contributed by atoms with Crippen molar-refractivity contribution >= 4 is 0 Å². The summed E-state index contributed by atoms with van der Waals surface area (Å²) in [7, 11) is 0. The Morgan fingerprint density at radius 1 is 1.41 bits per heavy atom. The number of aryl methyl sites for hydroxylation is 2. The molecule has 2 nitrogen and oxygen atoms in total. The van der Waals surface area contributed by atoms with Gasteiger partial charge in [-0.25, -0.2) is 0 Å². The molecule has 1 saturated heterocycles. The summed E-state index contributed by atoms with van der Waals surface area (Å²) in [6.07, 6.45) is 3.35. The maximum absolute atomic E-state index is 6.32. The Labute approximate surface area is 104 Å². The molecule has 1 fully saturated rings. The fraction of sp³-hybridized carbons (Fsp3) is 0.600. The van der Waals surface area contributed by atoms with Crippen LogP contribution in [0.1, 0.15) is 29.5 Å². The predicted molar refractivity (Wildman–Crippen MR) is 71.1 cm³/mol. The van der Waals surface area contributed by atoms with Crippen molar-refractivity contribution in [1.82, 2.24) is 0 Å². The first kappa shape index (κ1) is 12.6. The molecule has 0 aliphatic carbocycles. The molecular weight excluding hydrogens is 210 g/mol. The van der Waals surface area contributed by atoms with Gasteiger partial charge in [-0.1, -0.05) is 23.8 Å². The van der Waals surface area contributed by atoms with Crippen molar-refractivity contribution in [2.24, 2.45) is 11.7 Å². The molecule has 94 valence electrons. The van der Waals surface area contributed by atoms with Gasteiger partial charge in [0.1, 0.15) is 0 Å². The maximum atomic E-state index is 6.32. The Bertz CT molecular complexity index is 369. The van der Waals surface area contributed by atoms with Gasteiger partial charge < -0.3 is 10.5 Å². The summed E-state index contributed by atoms with van der Waals surface area (Å²) in [6, 6.07) is 6.85. The molecule has 1 heterocycles. The fourth-order valence-corrected chi connectivity index (χ4v) is 2.54. The average molecular weight is 233 g/mol. The van der Waals surface area contributed by atoms with Gasteiger partial charge in [-0.2, -0.15) is 0 Å². The first-order chi connectivity index (χ1) is 8.16. The number of benzene rings is 1. The van der Waals surface area contributed by atoms with Crippen LogP contribution in [-0.2, 0) is 11.2 Å². The summed E-state index contributed by atoms with van der Waals surface area (Å²) in [5.74, 6) is 0.531. The van der Waals surface area contributed by atoms with E-state index in [0.29, 0.717) is 5.92 Å². The van der Waals surface area contributed by atoms with Crippen molar-refractivity contribution in [3.05, 3.63) is 34.9 Å². The van der Waals surface area contributed by atoms with E-state index in [1.807, 2.05) is 0 Å². The molecule has 1 aliphatic rings. The largest absolute Gasteiger partial charge is 0.381 e. The minimum absolute atomic E-state index is 0.232. The molecule has 17 heavy (non-hydrogen) atoms. The van der Waals surface area contributed by atoms with Crippen molar-refractivity contribution in [2.75, 3.05) is 13.2 Å². The number of hydrogen-bond acceptors (Lipinski definition) is 2. The molecule has 0 saturated carbocycles. The molecule has 1 aromatic carbocycles. The highest BCUT2D eigenvalue weighted by Gasteiger charge is 2.21. The minimum atomic E-state index is 0.232. The van der Waals surface area contributed by atoms with Crippen molar-refractivity contribution in [3.8, 4) is 0 Å². The zero-order chi connectivity index (χ0) is 12.3. The number of hydrogen-bond donors (Lipinski definition) is 1. The van der Waals surface area contributed by atoms with Gasteiger partial charge in [-0.15, -0.1) is 0 Å². The molecule has 1 aromatic rings. The van der Waals surface area contributed by atoms with Gasteiger partial charge in [-0.3, -0.25) is 0 Å². The van der Waals surface area contributed by atoms with Crippen molar-refractivity contribution in [1.29, 1.82) is 0 Å². The van der Waals surface area contributed by atoms with Crippen LogP contribution in [0.4, 0.5) is 0 Å². The molecule has 2 unspecified atom stereocenters. The molecule has 2 heteroatoms. The van der Waals surface area contributed by atoms with E-state index in [0.717, 1.165) is 26.1 Å². The molecule has 2 N–H and O–H groups in total. The second-order valence-electron chi connectivity index (χ2n) is 5.28. The quantitative estimate of drug-likeness (QED) is 0.871. The molecular formula is C15H23NO. The van der Waals surface area contributed by atoms with Crippen LogP contribution < -0.4 is 5.73 Å². The normalized spacial score (nSPS) is 22.4. The smallest absolute Gasteiger partial charge is 0.0509 e. The Morgan fingerprint density at radius 3 is 2.94 bits per heavy atom. The van der Waals surface area contributed by atoms with Crippen LogP contribution in [0, 0.1) is 19.8 Å². The van der Waals surface area contributed by atoms with E-state index < -0.39 is 0 Å². The second-order valence-corrected chi connectivity index (χ2v) is 5.28. The third kappa shape index (κ3) is 3.30. The summed E-state index contributed by atoms with van der Waals surface area (Å²) >= 11 is 0. The Balaban J connectivity index is 2.01. The van der Waals surface area contributed by atoms with E-state index in [4.69, 9.17) is 10.5 Å². The maximum Gasteiger partial charge on any atom is 0.0509 e. The first-order valence-electron chi connectivity index (χ1n) is 6.56. The minimum Gasteiger partial charge on any atom is -0.381 e. The van der Waals surface area contributed by atoms with Crippen molar-refractivity contribution in [3.63, 3.8) is 0 Å². The molecule has 2 rings (SSSR count). The van der Waals surface area contributed by atoms with E-state index in [2.05, 4.69) is 32.0 Å². The molecule has 0 spiro atoms. The zero-order valence-electron chi connectivity index (χ0n) is 10.9. The van der Waals surface area contributed by atoms with Crippen LogP contribution in [0.2, 0.25) is 0 Å². The van der Waals surface area contributed by atoms with E-state index in [9.17, 15) is 0 Å². The van der Waals surface area contributed by atoms with Crippen molar-refractivity contribution in [2.45, 2.75) is 39.2 Å². The zero-order valence-corrected chi connectivity index (χ0v) is 10.9. The summed E-state index contributed by atoms with van der Waals surface area (Å²) in [5, 5.41) is 0. The Kier molecular flexibility index (Phi) is 4.19. The van der Waals surface area contributed by atoms with Crippen LogP contribution in [0.5, 0.6) is 0 Å². The van der Waals surface area contributed by atoms with Crippen LogP contribution in [0.25, 0.3) is 0 Å². The van der Waals surface area contributed by atoms with E-state index >= 15 is 0 Å². The highest BCUT2D eigenvalue weighted by atomic mass is 16.5. The van der Waals surface area contributed by atoms with Crippen LogP contribution in [0.3, 0.4) is 0 Å². The number of rotatable bonds is 3. The third-order valence-electron chi connectivity index (χ3n) is 3.76. The molecule has 0 radical (unpaired) electrons. The van der Waals surface area contributed by atoms with Gasteiger partial charge in [0.2, 0.25) is 0 Å².